The lowest BCUT2D eigenvalue weighted by Gasteiger charge is -2.09. The standard InChI is InChI=1S/C29H21N5O2S2/c1-36-20-9-7-17(8-10-20)21-15-22(18-5-3-2-4-6-18)32-28-24(21)25(30)26(38-28)27(35)34-29-33-23(16-37-29)19-11-13-31-14-12-19/h2-16H,30H2,1H3,(H,33,34,35). The highest BCUT2D eigenvalue weighted by atomic mass is 32.1. The van der Waals surface area contributed by atoms with Gasteiger partial charge in [0.1, 0.15) is 15.5 Å². The summed E-state index contributed by atoms with van der Waals surface area (Å²) < 4.78 is 5.34. The Balaban J connectivity index is 1.42. The molecule has 0 bridgehead atoms. The predicted octanol–water partition coefficient (Wildman–Crippen LogP) is 6.99. The monoisotopic (exact) mass is 535 g/mol. The number of hydrogen-bond donors (Lipinski definition) is 2. The molecule has 0 unspecified atom stereocenters. The third-order valence-corrected chi connectivity index (χ3v) is 7.93. The number of nitrogen functional groups attached to an aromatic ring is 1. The molecule has 4 aromatic heterocycles. The molecule has 0 aliphatic heterocycles. The van der Waals surface area contributed by atoms with Crippen LogP contribution in [0, 0.1) is 0 Å². The van der Waals surface area contributed by atoms with Crippen LogP contribution in [-0.4, -0.2) is 28.0 Å². The fourth-order valence-corrected chi connectivity index (χ4v) is 5.91. The summed E-state index contributed by atoms with van der Waals surface area (Å²) in [5.41, 5.74) is 12.4. The van der Waals surface area contributed by atoms with Gasteiger partial charge in [0, 0.05) is 34.3 Å². The summed E-state index contributed by atoms with van der Waals surface area (Å²) in [5.74, 6) is 0.443. The Hall–Kier alpha value is -4.60. The van der Waals surface area contributed by atoms with Crippen LogP contribution in [0.1, 0.15) is 9.67 Å². The van der Waals surface area contributed by atoms with Gasteiger partial charge in [-0.3, -0.25) is 15.1 Å². The van der Waals surface area contributed by atoms with Crippen molar-refractivity contribution in [2.45, 2.75) is 0 Å². The van der Waals surface area contributed by atoms with E-state index in [1.54, 1.807) is 19.5 Å². The van der Waals surface area contributed by atoms with Crippen molar-refractivity contribution in [3.63, 3.8) is 0 Å². The van der Waals surface area contributed by atoms with Crippen LogP contribution < -0.4 is 15.8 Å². The van der Waals surface area contributed by atoms with E-state index >= 15 is 0 Å². The first kappa shape index (κ1) is 23.8. The molecule has 38 heavy (non-hydrogen) atoms. The molecule has 7 nitrogen and oxygen atoms in total. The van der Waals surface area contributed by atoms with Crippen molar-refractivity contribution in [2.75, 3.05) is 18.2 Å². The number of hydrogen-bond acceptors (Lipinski definition) is 8. The van der Waals surface area contributed by atoms with Crippen molar-refractivity contribution in [3.05, 3.63) is 95.4 Å². The second kappa shape index (κ2) is 10.0. The van der Waals surface area contributed by atoms with E-state index in [2.05, 4.69) is 15.3 Å². The van der Waals surface area contributed by atoms with Crippen molar-refractivity contribution in [1.29, 1.82) is 0 Å². The van der Waals surface area contributed by atoms with Gasteiger partial charge in [0.25, 0.3) is 5.91 Å². The number of nitrogens with two attached hydrogens (primary N) is 1. The summed E-state index contributed by atoms with van der Waals surface area (Å²) >= 11 is 2.63. The topological polar surface area (TPSA) is 103 Å². The molecule has 0 fully saturated rings. The molecule has 0 saturated heterocycles. The van der Waals surface area contributed by atoms with E-state index in [9.17, 15) is 4.79 Å². The number of methoxy groups -OCH3 is 1. The van der Waals surface area contributed by atoms with Gasteiger partial charge >= 0.3 is 0 Å². The quantitative estimate of drug-likeness (QED) is 0.238. The highest BCUT2D eigenvalue weighted by molar-refractivity contribution is 7.21. The summed E-state index contributed by atoms with van der Waals surface area (Å²) in [6.07, 6.45) is 3.42. The number of anilines is 2. The van der Waals surface area contributed by atoms with Crippen molar-refractivity contribution < 1.29 is 9.53 Å². The van der Waals surface area contributed by atoms with Gasteiger partial charge < -0.3 is 10.5 Å². The van der Waals surface area contributed by atoms with Crippen LogP contribution in [0.15, 0.2) is 90.6 Å². The molecule has 0 atom stereocenters. The molecule has 2 aromatic carbocycles. The Kier molecular flexibility index (Phi) is 6.28. The van der Waals surface area contributed by atoms with Gasteiger partial charge in [-0.2, -0.15) is 0 Å². The van der Waals surface area contributed by atoms with Gasteiger partial charge in [0.05, 0.1) is 24.2 Å². The number of nitrogens with zero attached hydrogens (tertiary/aromatic N) is 3. The SMILES string of the molecule is COc1ccc(-c2cc(-c3ccccc3)nc3sc(C(=O)Nc4nc(-c5ccncc5)cs4)c(N)c23)cc1. The molecule has 9 heteroatoms. The fourth-order valence-electron chi connectivity index (χ4n) is 4.19. The normalized spacial score (nSPS) is 11.0. The lowest BCUT2D eigenvalue weighted by Crippen LogP contribution is -2.11. The summed E-state index contributed by atoms with van der Waals surface area (Å²) in [5, 5.41) is 6.05. The number of thiophene rings is 1. The predicted molar refractivity (Wildman–Crippen MR) is 155 cm³/mol. The van der Waals surface area contributed by atoms with E-state index in [1.807, 2.05) is 78.2 Å². The zero-order valence-electron chi connectivity index (χ0n) is 20.2. The average Bonchev–Trinajstić information content (AvgIpc) is 3.58. The van der Waals surface area contributed by atoms with Gasteiger partial charge in [-0.25, -0.2) is 9.97 Å². The van der Waals surface area contributed by atoms with Crippen LogP contribution in [0.4, 0.5) is 10.8 Å². The molecule has 0 aliphatic rings. The van der Waals surface area contributed by atoms with E-state index < -0.39 is 0 Å². The molecule has 3 N–H and O–H groups in total. The van der Waals surface area contributed by atoms with Gasteiger partial charge in [0.2, 0.25) is 0 Å². The second-order valence-electron chi connectivity index (χ2n) is 8.40. The number of amides is 1. The van der Waals surface area contributed by atoms with Crippen molar-refractivity contribution in [2.24, 2.45) is 0 Å². The van der Waals surface area contributed by atoms with Gasteiger partial charge in [-0.15, -0.1) is 22.7 Å². The number of ether oxygens (including phenoxy) is 1. The molecule has 186 valence electrons. The summed E-state index contributed by atoms with van der Waals surface area (Å²) in [4.78, 5) is 28.0. The highest BCUT2D eigenvalue weighted by Crippen LogP contribution is 2.42. The number of carbonyl (C=O) groups excluding carboxylic acids is 1. The fraction of sp³-hybridized carbons (Fsp3) is 0.0345. The van der Waals surface area contributed by atoms with Crippen LogP contribution >= 0.6 is 22.7 Å². The van der Waals surface area contributed by atoms with Gasteiger partial charge in [-0.1, -0.05) is 42.5 Å². The van der Waals surface area contributed by atoms with Gasteiger partial charge in [-0.05, 0) is 41.5 Å². The maximum absolute atomic E-state index is 13.4. The molecule has 0 radical (unpaired) electrons. The van der Waals surface area contributed by atoms with Crippen molar-refractivity contribution in [3.8, 4) is 39.4 Å². The smallest absolute Gasteiger partial charge is 0.269 e. The van der Waals surface area contributed by atoms with Crippen LogP contribution in [0.5, 0.6) is 5.75 Å². The first-order valence-electron chi connectivity index (χ1n) is 11.7. The minimum absolute atomic E-state index is 0.317. The summed E-state index contributed by atoms with van der Waals surface area (Å²) in [7, 11) is 1.64. The van der Waals surface area contributed by atoms with E-state index in [-0.39, 0.29) is 5.91 Å². The summed E-state index contributed by atoms with van der Waals surface area (Å²) in [6, 6.07) is 23.5. The minimum Gasteiger partial charge on any atom is -0.497 e. The van der Waals surface area contributed by atoms with Gasteiger partial charge in [0.15, 0.2) is 5.13 Å². The Labute approximate surface area is 226 Å². The highest BCUT2D eigenvalue weighted by Gasteiger charge is 2.22. The number of thiazole rings is 1. The zero-order valence-corrected chi connectivity index (χ0v) is 21.8. The summed E-state index contributed by atoms with van der Waals surface area (Å²) in [6.45, 7) is 0. The number of rotatable bonds is 6. The van der Waals surface area contributed by atoms with Crippen LogP contribution in [0.25, 0.3) is 43.9 Å². The molecule has 4 heterocycles. The number of nitrogens with one attached hydrogen (secondary N) is 1. The molecule has 6 rings (SSSR count). The number of pyridine rings is 2. The van der Waals surface area contributed by atoms with E-state index in [4.69, 9.17) is 15.5 Å². The maximum atomic E-state index is 13.4. The van der Waals surface area contributed by atoms with Crippen LogP contribution in [0.3, 0.4) is 0 Å². The molecular formula is C29H21N5O2S2. The van der Waals surface area contributed by atoms with Crippen molar-refractivity contribution >= 4 is 49.6 Å². The number of aromatic nitrogens is 3. The molecular weight excluding hydrogens is 514 g/mol. The van der Waals surface area contributed by atoms with Crippen molar-refractivity contribution in [1.82, 2.24) is 15.0 Å². The Bertz CT molecular complexity index is 1750. The Morgan fingerprint density at radius 1 is 0.895 bits per heavy atom. The van der Waals surface area contributed by atoms with Crippen LogP contribution in [0.2, 0.25) is 0 Å². The lowest BCUT2D eigenvalue weighted by atomic mass is 9.99. The molecule has 0 saturated carbocycles. The zero-order chi connectivity index (χ0) is 26.1. The minimum atomic E-state index is -0.317. The Morgan fingerprint density at radius 2 is 1.63 bits per heavy atom. The number of carbonyl (C=O) groups is 1. The van der Waals surface area contributed by atoms with E-state index in [0.29, 0.717) is 20.5 Å². The van der Waals surface area contributed by atoms with E-state index in [0.717, 1.165) is 44.8 Å². The molecule has 0 spiro atoms. The number of fused-ring (bicyclic) bond motifs is 1. The third kappa shape index (κ3) is 4.49. The maximum Gasteiger partial charge on any atom is 0.269 e. The largest absolute Gasteiger partial charge is 0.497 e. The Morgan fingerprint density at radius 3 is 2.37 bits per heavy atom. The molecule has 1 amide bonds. The first-order chi connectivity index (χ1) is 18.6. The second-order valence-corrected chi connectivity index (χ2v) is 10.3. The average molecular weight is 536 g/mol. The molecule has 6 aromatic rings. The third-order valence-electron chi connectivity index (χ3n) is 6.08. The first-order valence-corrected chi connectivity index (χ1v) is 13.4. The number of benzene rings is 2. The van der Waals surface area contributed by atoms with Crippen LogP contribution in [-0.2, 0) is 0 Å². The van der Waals surface area contributed by atoms with E-state index in [1.165, 1.54) is 22.7 Å². The lowest BCUT2D eigenvalue weighted by molar-refractivity contribution is 0.103. The molecule has 0 aliphatic carbocycles.